The normalized spacial score (nSPS) is 11.8. The molecule has 1 rings (SSSR count). The Kier molecular flexibility index (Phi) is 7.87. The smallest absolute Gasteiger partial charge is 0.123 e. The van der Waals surface area contributed by atoms with Gasteiger partial charge in [-0.1, -0.05) is 6.42 Å². The Hall–Kier alpha value is -0.840. The maximum atomic E-state index is 13.1. The van der Waals surface area contributed by atoms with Gasteiger partial charge in [0.1, 0.15) is 11.6 Å². The van der Waals surface area contributed by atoms with Crippen molar-refractivity contribution in [1.29, 1.82) is 0 Å². The largest absolute Gasteiger partial charge is 0.496 e. The predicted molar refractivity (Wildman–Crippen MR) is 70.0 cm³/mol. The zero-order chi connectivity index (χ0) is 12.0. The number of hydrogen-bond donors (Lipinski definition) is 2. The van der Waals surface area contributed by atoms with Gasteiger partial charge in [0.15, 0.2) is 0 Å². The number of benzene rings is 1. The number of hydrogen-bond acceptors (Lipinski definition) is 3. The van der Waals surface area contributed by atoms with Gasteiger partial charge in [-0.25, -0.2) is 4.39 Å². The summed E-state index contributed by atoms with van der Waals surface area (Å²) in [6.45, 7) is 0.660. The summed E-state index contributed by atoms with van der Waals surface area (Å²) in [5.41, 5.74) is 12.1. The van der Waals surface area contributed by atoms with Crippen LogP contribution >= 0.6 is 12.4 Å². The lowest BCUT2D eigenvalue weighted by Gasteiger charge is -2.15. The van der Waals surface area contributed by atoms with Gasteiger partial charge >= 0.3 is 0 Å². The van der Waals surface area contributed by atoms with E-state index in [9.17, 15) is 4.39 Å². The number of unbranched alkanes of at least 4 members (excludes halogenated alkanes) is 1. The molecule has 0 bridgehead atoms. The first-order valence-electron chi connectivity index (χ1n) is 5.48. The Morgan fingerprint density at radius 3 is 2.65 bits per heavy atom. The van der Waals surface area contributed by atoms with Gasteiger partial charge in [-0.15, -0.1) is 12.4 Å². The standard InChI is InChI=1S/C12H19FN2O.ClH/c1-16-12-6-5-9(13)8-10(12)11(15)4-2-3-7-14;/h5-6,8,11H,2-4,7,14-15H2,1H3;1H/t11-;/m0./s1. The summed E-state index contributed by atoms with van der Waals surface area (Å²) < 4.78 is 18.3. The molecule has 0 saturated carbocycles. The Labute approximate surface area is 108 Å². The molecule has 0 saturated heterocycles. The van der Waals surface area contributed by atoms with Crippen molar-refractivity contribution in [2.45, 2.75) is 25.3 Å². The van der Waals surface area contributed by atoms with Crippen molar-refractivity contribution in [2.24, 2.45) is 11.5 Å². The van der Waals surface area contributed by atoms with Crippen LogP contribution in [0.15, 0.2) is 18.2 Å². The van der Waals surface area contributed by atoms with Crippen molar-refractivity contribution in [1.82, 2.24) is 0 Å². The fourth-order valence-corrected chi connectivity index (χ4v) is 1.66. The number of ether oxygens (including phenoxy) is 1. The van der Waals surface area contributed by atoms with E-state index in [4.69, 9.17) is 16.2 Å². The van der Waals surface area contributed by atoms with Gasteiger partial charge in [-0.3, -0.25) is 0 Å². The lowest BCUT2D eigenvalue weighted by atomic mass is 10.0. The summed E-state index contributed by atoms with van der Waals surface area (Å²) >= 11 is 0. The Morgan fingerprint density at radius 1 is 1.35 bits per heavy atom. The summed E-state index contributed by atoms with van der Waals surface area (Å²) in [4.78, 5) is 0. The molecule has 4 N–H and O–H groups in total. The number of nitrogens with two attached hydrogens (primary N) is 2. The molecule has 0 aliphatic carbocycles. The summed E-state index contributed by atoms with van der Waals surface area (Å²) in [6.07, 6.45) is 2.67. The topological polar surface area (TPSA) is 61.3 Å². The fourth-order valence-electron chi connectivity index (χ4n) is 1.66. The van der Waals surface area contributed by atoms with Crippen LogP contribution in [-0.4, -0.2) is 13.7 Å². The molecule has 3 nitrogen and oxygen atoms in total. The molecule has 0 heterocycles. The second kappa shape index (κ2) is 8.28. The van der Waals surface area contributed by atoms with Crippen LogP contribution in [0.4, 0.5) is 4.39 Å². The molecule has 17 heavy (non-hydrogen) atoms. The summed E-state index contributed by atoms with van der Waals surface area (Å²) in [5, 5.41) is 0. The summed E-state index contributed by atoms with van der Waals surface area (Å²) in [6, 6.07) is 4.21. The van der Waals surface area contributed by atoms with E-state index < -0.39 is 0 Å². The molecule has 0 spiro atoms. The van der Waals surface area contributed by atoms with Crippen molar-refractivity contribution >= 4 is 12.4 Å². The lowest BCUT2D eigenvalue weighted by Crippen LogP contribution is -2.12. The van der Waals surface area contributed by atoms with Gasteiger partial charge in [0.25, 0.3) is 0 Å². The molecule has 0 fully saturated rings. The molecule has 0 aliphatic heterocycles. The van der Waals surface area contributed by atoms with Crippen molar-refractivity contribution in [2.75, 3.05) is 13.7 Å². The van der Waals surface area contributed by atoms with Gasteiger partial charge in [0.2, 0.25) is 0 Å². The highest BCUT2D eigenvalue weighted by Crippen LogP contribution is 2.27. The van der Waals surface area contributed by atoms with Crippen LogP contribution in [0, 0.1) is 5.82 Å². The zero-order valence-electron chi connectivity index (χ0n) is 9.99. The molecule has 0 aromatic heterocycles. The third kappa shape index (κ3) is 4.89. The van der Waals surface area contributed by atoms with E-state index in [1.807, 2.05) is 0 Å². The summed E-state index contributed by atoms with van der Waals surface area (Å²) in [5.74, 6) is 0.353. The first-order valence-corrected chi connectivity index (χ1v) is 5.48. The van der Waals surface area contributed by atoms with Crippen molar-refractivity contribution in [3.63, 3.8) is 0 Å². The minimum Gasteiger partial charge on any atom is -0.496 e. The molecule has 0 unspecified atom stereocenters. The molecular formula is C12H20ClFN2O. The van der Waals surface area contributed by atoms with Crippen LogP contribution in [0.3, 0.4) is 0 Å². The highest BCUT2D eigenvalue weighted by molar-refractivity contribution is 5.85. The van der Waals surface area contributed by atoms with E-state index in [2.05, 4.69) is 0 Å². The van der Waals surface area contributed by atoms with Gasteiger partial charge in [0.05, 0.1) is 7.11 Å². The maximum absolute atomic E-state index is 13.1. The monoisotopic (exact) mass is 262 g/mol. The van der Waals surface area contributed by atoms with Crippen LogP contribution in [-0.2, 0) is 0 Å². The van der Waals surface area contributed by atoms with Gasteiger partial charge in [-0.2, -0.15) is 0 Å². The second-order valence-electron chi connectivity index (χ2n) is 3.78. The quantitative estimate of drug-likeness (QED) is 0.774. The van der Waals surface area contributed by atoms with E-state index in [1.165, 1.54) is 12.1 Å². The Morgan fingerprint density at radius 2 is 2.06 bits per heavy atom. The minimum atomic E-state index is -0.287. The third-order valence-corrected chi connectivity index (χ3v) is 2.56. The molecule has 1 aromatic rings. The molecule has 1 aromatic carbocycles. The maximum Gasteiger partial charge on any atom is 0.123 e. The highest BCUT2D eigenvalue weighted by Gasteiger charge is 2.12. The first kappa shape index (κ1) is 16.2. The lowest BCUT2D eigenvalue weighted by molar-refractivity contribution is 0.401. The molecule has 0 aliphatic rings. The van der Waals surface area contributed by atoms with Crippen LogP contribution in [0.25, 0.3) is 0 Å². The second-order valence-corrected chi connectivity index (χ2v) is 3.78. The fraction of sp³-hybridized carbons (Fsp3) is 0.500. The van der Waals surface area contributed by atoms with Crippen molar-refractivity contribution < 1.29 is 9.13 Å². The van der Waals surface area contributed by atoms with E-state index in [-0.39, 0.29) is 24.3 Å². The van der Waals surface area contributed by atoms with Crippen molar-refractivity contribution in [3.8, 4) is 5.75 Å². The van der Waals surface area contributed by atoms with Crippen LogP contribution in [0.1, 0.15) is 30.9 Å². The van der Waals surface area contributed by atoms with Gasteiger partial charge in [0, 0.05) is 11.6 Å². The number of halogens is 2. The molecule has 98 valence electrons. The minimum absolute atomic E-state index is 0. The first-order chi connectivity index (χ1) is 7.69. The van der Waals surface area contributed by atoms with Gasteiger partial charge in [-0.05, 0) is 37.6 Å². The average Bonchev–Trinajstić information content (AvgIpc) is 2.29. The van der Waals surface area contributed by atoms with Gasteiger partial charge < -0.3 is 16.2 Å². The van der Waals surface area contributed by atoms with Crippen LogP contribution in [0.5, 0.6) is 5.75 Å². The molecule has 1 atom stereocenters. The Bertz CT molecular complexity index is 336. The Balaban J connectivity index is 0.00000256. The third-order valence-electron chi connectivity index (χ3n) is 2.56. The SMILES string of the molecule is COc1ccc(F)cc1[C@@H](N)CCCCN.Cl. The van der Waals surface area contributed by atoms with Crippen molar-refractivity contribution in [3.05, 3.63) is 29.6 Å². The predicted octanol–water partition coefficient (Wildman–Crippen LogP) is 2.38. The zero-order valence-corrected chi connectivity index (χ0v) is 10.8. The summed E-state index contributed by atoms with van der Waals surface area (Å²) in [7, 11) is 1.56. The molecule has 0 amide bonds. The number of rotatable bonds is 6. The molecule has 5 heteroatoms. The van der Waals surface area contributed by atoms with Crippen LogP contribution < -0.4 is 16.2 Å². The molecule has 0 radical (unpaired) electrons. The van der Waals surface area contributed by atoms with E-state index >= 15 is 0 Å². The van der Waals surface area contributed by atoms with E-state index in [0.717, 1.165) is 24.8 Å². The van der Waals surface area contributed by atoms with E-state index in [0.29, 0.717) is 12.3 Å². The molecular weight excluding hydrogens is 243 g/mol. The van der Waals surface area contributed by atoms with Crippen LogP contribution in [0.2, 0.25) is 0 Å². The highest BCUT2D eigenvalue weighted by atomic mass is 35.5. The van der Waals surface area contributed by atoms with E-state index in [1.54, 1.807) is 13.2 Å². The number of methoxy groups -OCH3 is 1. The average molecular weight is 263 g/mol.